The van der Waals surface area contributed by atoms with Crippen molar-refractivity contribution < 1.29 is 23.6 Å². The van der Waals surface area contributed by atoms with Gasteiger partial charge in [0.2, 0.25) is 17.6 Å². The predicted molar refractivity (Wildman–Crippen MR) is 147 cm³/mol. The fraction of sp³-hybridized carbons (Fsp3) is 0.417. The van der Waals surface area contributed by atoms with Gasteiger partial charge in [-0.2, -0.15) is 4.98 Å². The summed E-state index contributed by atoms with van der Waals surface area (Å²) in [7, 11) is 18.1. The largest absolute Gasteiger partial charge is 0.494 e. The van der Waals surface area contributed by atoms with Crippen molar-refractivity contribution >= 4 is 52.5 Å². The number of hydrogen-bond acceptors (Lipinski definition) is 11. The van der Waals surface area contributed by atoms with Gasteiger partial charge in [-0.05, 0) is 25.0 Å². The van der Waals surface area contributed by atoms with Crippen LogP contribution in [0.3, 0.4) is 0 Å². The molecule has 1 aromatic carbocycles. The number of morpholine rings is 1. The van der Waals surface area contributed by atoms with E-state index in [9.17, 15) is 9.59 Å². The van der Waals surface area contributed by atoms with E-state index in [1.54, 1.807) is 18.2 Å². The van der Waals surface area contributed by atoms with Crippen molar-refractivity contribution in [1.82, 2.24) is 30.6 Å². The van der Waals surface area contributed by atoms with Crippen LogP contribution in [0.1, 0.15) is 29.2 Å². The van der Waals surface area contributed by atoms with Gasteiger partial charge in [0, 0.05) is 25.1 Å². The number of anilines is 3. The molecular weight excluding hydrogens is 513 g/mol. The van der Waals surface area contributed by atoms with E-state index >= 15 is 0 Å². The highest BCUT2D eigenvalue weighted by atomic mass is 16.5. The smallest absolute Gasteiger partial charge is 0.272 e. The third-order valence-electron chi connectivity index (χ3n) is 6.20. The van der Waals surface area contributed by atoms with E-state index in [4.69, 9.17) is 37.5 Å². The molecule has 0 bridgehead atoms. The van der Waals surface area contributed by atoms with Gasteiger partial charge in [0.05, 0.1) is 67.3 Å². The van der Waals surface area contributed by atoms with E-state index < -0.39 is 11.1 Å². The molecule has 3 N–H and O–H groups in total. The van der Waals surface area contributed by atoms with Crippen molar-refractivity contribution in [1.29, 1.82) is 0 Å². The summed E-state index contributed by atoms with van der Waals surface area (Å²) in [4.78, 5) is 31.9. The standard InChI is InChI=1S/C24H25B3N8O5/c1-38-20-14(21-30-18(40-34-21)12-35-7-9-39-10-8-35)3-2-4-15(20)28-16-11-17(29-22(36)13-5-6-13)32-33-19(16)23(37)31-24(25,26)27/h2-4,11,13H,5-10,12H2,1H3,(H,31,37)(H2,28,29,32,36). The minimum atomic E-state index is -2.00. The van der Waals surface area contributed by atoms with Gasteiger partial charge in [-0.15, -0.1) is 10.2 Å². The molecular formula is C24H25B3N8O5. The van der Waals surface area contributed by atoms with E-state index in [1.807, 2.05) is 0 Å². The average Bonchev–Trinajstić information content (AvgIpc) is 3.67. The lowest BCUT2D eigenvalue weighted by Crippen LogP contribution is -2.50. The molecule has 1 aliphatic carbocycles. The van der Waals surface area contributed by atoms with Gasteiger partial charge < -0.3 is 29.9 Å². The van der Waals surface area contributed by atoms with Crippen LogP contribution < -0.4 is 20.7 Å². The number of rotatable bonds is 10. The van der Waals surface area contributed by atoms with Crippen LogP contribution in [0.2, 0.25) is 0 Å². The van der Waals surface area contributed by atoms with Gasteiger partial charge in [0.1, 0.15) is 0 Å². The summed E-state index contributed by atoms with van der Waals surface area (Å²) in [5, 5.41) is 18.2. The first-order valence-electron chi connectivity index (χ1n) is 12.6. The fourth-order valence-corrected chi connectivity index (χ4v) is 4.10. The summed E-state index contributed by atoms with van der Waals surface area (Å²) in [6.07, 6.45) is 1.62. The normalized spacial score (nSPS) is 15.8. The van der Waals surface area contributed by atoms with Crippen molar-refractivity contribution in [2.24, 2.45) is 5.92 Å². The molecule has 3 aromatic rings. The van der Waals surface area contributed by atoms with Crippen LogP contribution in [0.5, 0.6) is 5.75 Å². The number of nitrogens with zero attached hydrogens (tertiary/aromatic N) is 5. The Morgan fingerprint density at radius 1 is 1.15 bits per heavy atom. The third-order valence-corrected chi connectivity index (χ3v) is 6.20. The molecule has 0 unspecified atom stereocenters. The zero-order valence-corrected chi connectivity index (χ0v) is 21.8. The number of nitrogens with one attached hydrogen (secondary N) is 3. The van der Waals surface area contributed by atoms with E-state index in [0.29, 0.717) is 48.5 Å². The summed E-state index contributed by atoms with van der Waals surface area (Å²) >= 11 is 0. The second kappa shape index (κ2) is 11.7. The van der Waals surface area contributed by atoms with Gasteiger partial charge in [-0.1, -0.05) is 16.5 Å². The molecule has 2 aliphatic rings. The molecule has 1 aliphatic heterocycles. The molecule has 200 valence electrons. The van der Waals surface area contributed by atoms with E-state index in [-0.39, 0.29) is 29.0 Å². The first-order chi connectivity index (χ1) is 19.2. The Balaban J connectivity index is 1.44. The van der Waals surface area contributed by atoms with Crippen LogP contribution in [0.15, 0.2) is 28.8 Å². The minimum Gasteiger partial charge on any atom is -0.494 e. The Kier molecular flexibility index (Phi) is 8.08. The fourth-order valence-electron chi connectivity index (χ4n) is 4.10. The molecule has 16 heteroatoms. The van der Waals surface area contributed by atoms with Crippen LogP contribution in [-0.4, -0.2) is 99.2 Å². The average molecular weight is 538 g/mol. The van der Waals surface area contributed by atoms with Gasteiger partial charge in [0.15, 0.2) is 17.3 Å². The Morgan fingerprint density at radius 2 is 1.93 bits per heavy atom. The van der Waals surface area contributed by atoms with Gasteiger partial charge in [0.25, 0.3) is 5.91 Å². The maximum Gasteiger partial charge on any atom is 0.272 e. The zero-order chi connectivity index (χ0) is 28.3. The van der Waals surface area contributed by atoms with Crippen LogP contribution in [0.25, 0.3) is 11.4 Å². The van der Waals surface area contributed by atoms with Crippen molar-refractivity contribution in [2.75, 3.05) is 44.0 Å². The number of carbonyl (C=O) groups is 2. The number of para-hydroxylation sites is 1. The Hall–Kier alpha value is -3.91. The SMILES string of the molecule is [B]C([B])([B])NC(=O)c1nnc(NC(=O)C2CC2)cc1Nc1cccc(-c2noc(CN3CCOCC3)n2)c1OC. The molecule has 0 spiro atoms. The molecule has 2 fully saturated rings. The lowest BCUT2D eigenvalue weighted by molar-refractivity contribution is -0.117. The quantitative estimate of drug-likeness (QED) is 0.306. The van der Waals surface area contributed by atoms with Gasteiger partial charge >= 0.3 is 0 Å². The van der Waals surface area contributed by atoms with Crippen molar-refractivity contribution in [3.8, 4) is 17.1 Å². The number of aromatic nitrogens is 4. The Bertz CT molecular complexity index is 1390. The lowest BCUT2D eigenvalue weighted by atomic mass is 9.49. The highest BCUT2D eigenvalue weighted by Crippen LogP contribution is 2.37. The summed E-state index contributed by atoms with van der Waals surface area (Å²) in [6.45, 7) is 3.36. The molecule has 5 rings (SSSR count). The maximum atomic E-state index is 12.9. The number of carbonyl (C=O) groups excluding carboxylic acids is 2. The van der Waals surface area contributed by atoms with Gasteiger partial charge in [-0.3, -0.25) is 14.5 Å². The first-order valence-corrected chi connectivity index (χ1v) is 12.6. The number of ether oxygens (including phenoxy) is 2. The summed E-state index contributed by atoms with van der Waals surface area (Å²) in [6, 6.07) is 6.72. The summed E-state index contributed by atoms with van der Waals surface area (Å²) < 4.78 is 16.6. The highest BCUT2D eigenvalue weighted by molar-refractivity contribution is 6.60. The number of hydrogen-bond donors (Lipinski definition) is 3. The lowest BCUT2D eigenvalue weighted by Gasteiger charge is -2.24. The zero-order valence-electron chi connectivity index (χ0n) is 21.8. The topological polar surface area (TPSA) is 157 Å². The van der Waals surface area contributed by atoms with Gasteiger partial charge in [-0.25, -0.2) is 0 Å². The second-order valence-electron chi connectivity index (χ2n) is 9.55. The van der Waals surface area contributed by atoms with E-state index in [1.165, 1.54) is 13.2 Å². The Labute approximate surface area is 234 Å². The van der Waals surface area contributed by atoms with Crippen LogP contribution >= 0.6 is 0 Å². The molecule has 2 aromatic heterocycles. The highest BCUT2D eigenvalue weighted by Gasteiger charge is 2.30. The summed E-state index contributed by atoms with van der Waals surface area (Å²) in [5.74, 6) is 0.282. The van der Waals surface area contributed by atoms with Crippen LogP contribution in [-0.2, 0) is 16.1 Å². The summed E-state index contributed by atoms with van der Waals surface area (Å²) in [5.41, 5.74) is 1.000. The number of methoxy groups -OCH3 is 1. The number of amides is 2. The van der Waals surface area contributed by atoms with Crippen molar-refractivity contribution in [3.63, 3.8) is 0 Å². The second-order valence-corrected chi connectivity index (χ2v) is 9.55. The molecule has 13 nitrogen and oxygen atoms in total. The molecule has 40 heavy (non-hydrogen) atoms. The van der Waals surface area contributed by atoms with E-state index in [2.05, 4.69) is 41.2 Å². The molecule has 1 saturated heterocycles. The molecule has 0 atom stereocenters. The first kappa shape index (κ1) is 27.7. The third kappa shape index (κ3) is 6.80. The minimum absolute atomic E-state index is 0.0617. The monoisotopic (exact) mass is 538 g/mol. The van der Waals surface area contributed by atoms with E-state index in [0.717, 1.165) is 25.9 Å². The van der Waals surface area contributed by atoms with Crippen LogP contribution in [0, 0.1) is 5.92 Å². The maximum absolute atomic E-state index is 12.9. The number of benzene rings is 1. The molecule has 2 amide bonds. The molecule has 1 saturated carbocycles. The van der Waals surface area contributed by atoms with Crippen molar-refractivity contribution in [3.05, 3.63) is 35.9 Å². The van der Waals surface area contributed by atoms with Crippen molar-refractivity contribution in [2.45, 2.75) is 24.6 Å². The predicted octanol–water partition coefficient (Wildman–Crippen LogP) is 0.306. The Morgan fingerprint density at radius 3 is 2.62 bits per heavy atom. The molecule has 6 radical (unpaired) electrons. The van der Waals surface area contributed by atoms with Crippen LogP contribution in [0.4, 0.5) is 17.2 Å². The molecule has 3 heterocycles.